The van der Waals surface area contributed by atoms with Crippen LogP contribution in [0.4, 0.5) is 13.2 Å². The Kier molecular flexibility index (Phi) is 5.01. The van der Waals surface area contributed by atoms with Gasteiger partial charge in [0.1, 0.15) is 5.54 Å². The Morgan fingerprint density at radius 3 is 2.18 bits per heavy atom. The predicted molar refractivity (Wildman–Crippen MR) is 75.6 cm³/mol. The van der Waals surface area contributed by atoms with Gasteiger partial charge in [-0.3, -0.25) is 9.59 Å². The molecule has 0 aliphatic rings. The van der Waals surface area contributed by atoms with Gasteiger partial charge in [0.2, 0.25) is 11.8 Å². The van der Waals surface area contributed by atoms with Crippen LogP contribution in [0.5, 0.6) is 0 Å². The van der Waals surface area contributed by atoms with E-state index >= 15 is 0 Å². The molecule has 0 radical (unpaired) electrons. The molecule has 3 N–H and O–H groups in total. The van der Waals surface area contributed by atoms with Gasteiger partial charge in [0.05, 0.1) is 5.56 Å². The third-order valence-electron chi connectivity index (χ3n) is 3.05. The minimum Gasteiger partial charge on any atom is -0.367 e. The molecular weight excluding hydrogens is 297 g/mol. The number of amides is 2. The molecule has 0 spiro atoms. The SMILES string of the molecule is CC(C)=CC(=O)N[C@](C)(C(N)=O)c1cccc(C(F)(F)F)c1. The molecule has 1 aromatic rings. The molecule has 120 valence electrons. The Balaban J connectivity index is 3.29. The van der Waals surface area contributed by atoms with Crippen LogP contribution in [0.1, 0.15) is 31.9 Å². The summed E-state index contributed by atoms with van der Waals surface area (Å²) in [5, 5.41) is 2.36. The highest BCUT2D eigenvalue weighted by Gasteiger charge is 2.37. The van der Waals surface area contributed by atoms with Gasteiger partial charge in [0.25, 0.3) is 0 Å². The number of primary amides is 1. The number of allylic oxidation sites excluding steroid dienone is 1. The molecule has 0 unspecified atom stereocenters. The lowest BCUT2D eigenvalue weighted by Gasteiger charge is -2.28. The Morgan fingerprint density at radius 1 is 1.18 bits per heavy atom. The molecule has 22 heavy (non-hydrogen) atoms. The molecule has 0 heterocycles. The Morgan fingerprint density at radius 2 is 1.73 bits per heavy atom. The molecule has 0 fully saturated rings. The monoisotopic (exact) mass is 314 g/mol. The third kappa shape index (κ3) is 4.09. The molecule has 0 bridgehead atoms. The number of carbonyl (C=O) groups excluding carboxylic acids is 2. The van der Waals surface area contributed by atoms with Crippen molar-refractivity contribution < 1.29 is 22.8 Å². The maximum Gasteiger partial charge on any atom is 0.416 e. The summed E-state index contributed by atoms with van der Waals surface area (Å²) in [4.78, 5) is 23.5. The smallest absolute Gasteiger partial charge is 0.367 e. The lowest BCUT2D eigenvalue weighted by molar-refractivity contribution is -0.138. The van der Waals surface area contributed by atoms with Gasteiger partial charge in [0.15, 0.2) is 0 Å². The normalized spacial score (nSPS) is 13.9. The van der Waals surface area contributed by atoms with Gasteiger partial charge in [-0.25, -0.2) is 0 Å². The summed E-state index contributed by atoms with van der Waals surface area (Å²) in [5.74, 6) is -1.57. The van der Waals surface area contributed by atoms with Crippen LogP contribution >= 0.6 is 0 Å². The Labute approximate surface area is 126 Å². The Bertz CT molecular complexity index is 619. The number of hydrogen-bond donors (Lipinski definition) is 2. The van der Waals surface area contributed by atoms with Crippen molar-refractivity contribution in [2.24, 2.45) is 5.73 Å². The number of benzene rings is 1. The largest absolute Gasteiger partial charge is 0.416 e. The van der Waals surface area contributed by atoms with E-state index in [2.05, 4.69) is 5.32 Å². The van der Waals surface area contributed by atoms with E-state index in [1.807, 2.05) is 0 Å². The number of hydrogen-bond acceptors (Lipinski definition) is 2. The average molecular weight is 314 g/mol. The highest BCUT2D eigenvalue weighted by atomic mass is 19.4. The molecule has 0 saturated carbocycles. The van der Waals surface area contributed by atoms with Crippen molar-refractivity contribution in [3.63, 3.8) is 0 Å². The van der Waals surface area contributed by atoms with Gasteiger partial charge >= 0.3 is 6.18 Å². The van der Waals surface area contributed by atoms with E-state index in [9.17, 15) is 22.8 Å². The van der Waals surface area contributed by atoms with E-state index in [4.69, 9.17) is 5.73 Å². The first kappa shape index (κ1) is 17.7. The molecule has 0 saturated heterocycles. The minimum absolute atomic E-state index is 0.0367. The van der Waals surface area contributed by atoms with E-state index in [1.54, 1.807) is 13.8 Å². The van der Waals surface area contributed by atoms with Gasteiger partial charge < -0.3 is 11.1 Å². The second-order valence-corrected chi connectivity index (χ2v) is 5.28. The first-order chi connectivity index (χ1) is 9.96. The maximum absolute atomic E-state index is 12.8. The van der Waals surface area contributed by atoms with Crippen molar-refractivity contribution in [2.45, 2.75) is 32.5 Å². The fraction of sp³-hybridized carbons (Fsp3) is 0.333. The molecule has 2 amide bonds. The maximum atomic E-state index is 12.8. The molecule has 1 atom stereocenters. The van der Waals surface area contributed by atoms with Crippen molar-refractivity contribution in [3.05, 3.63) is 47.0 Å². The third-order valence-corrected chi connectivity index (χ3v) is 3.05. The molecule has 0 aromatic heterocycles. The van der Waals surface area contributed by atoms with Crippen LogP contribution in [0, 0.1) is 0 Å². The van der Waals surface area contributed by atoms with Gasteiger partial charge in [-0.05, 0) is 38.5 Å². The van der Waals surface area contributed by atoms with E-state index in [1.165, 1.54) is 19.1 Å². The topological polar surface area (TPSA) is 72.2 Å². The number of nitrogens with two attached hydrogens (primary N) is 1. The number of halogens is 3. The van der Waals surface area contributed by atoms with Crippen LogP contribution in [0.3, 0.4) is 0 Å². The second-order valence-electron chi connectivity index (χ2n) is 5.28. The Hall–Kier alpha value is -2.31. The van der Waals surface area contributed by atoms with Crippen LogP contribution in [0.2, 0.25) is 0 Å². The quantitative estimate of drug-likeness (QED) is 0.838. The van der Waals surface area contributed by atoms with Crippen molar-refractivity contribution in [2.75, 3.05) is 0 Å². The zero-order valence-electron chi connectivity index (χ0n) is 12.4. The van der Waals surface area contributed by atoms with E-state index < -0.39 is 29.1 Å². The summed E-state index contributed by atoms with van der Waals surface area (Å²) in [6, 6.07) is 4.14. The molecule has 0 aliphatic heterocycles. The fourth-order valence-corrected chi connectivity index (χ4v) is 1.83. The van der Waals surface area contributed by atoms with E-state index in [0.29, 0.717) is 5.57 Å². The van der Waals surface area contributed by atoms with Gasteiger partial charge in [-0.1, -0.05) is 17.7 Å². The standard InChI is InChI=1S/C15H17F3N2O2/c1-9(2)7-12(21)20-14(3,13(19)22)10-5-4-6-11(8-10)15(16,17)18/h4-8H,1-3H3,(H2,19,22)(H,20,21)/t14-/m0/s1. The highest BCUT2D eigenvalue weighted by molar-refractivity contribution is 5.95. The van der Waals surface area contributed by atoms with Crippen molar-refractivity contribution in [3.8, 4) is 0 Å². The van der Waals surface area contributed by atoms with Crippen LogP contribution in [0.25, 0.3) is 0 Å². The summed E-state index contributed by atoms with van der Waals surface area (Å²) >= 11 is 0. The zero-order chi connectivity index (χ0) is 17.1. The summed E-state index contributed by atoms with van der Waals surface area (Å²) < 4.78 is 38.3. The lowest BCUT2D eigenvalue weighted by atomic mass is 9.89. The second kappa shape index (κ2) is 6.21. The van der Waals surface area contributed by atoms with Crippen LogP contribution in [-0.4, -0.2) is 11.8 Å². The minimum atomic E-state index is -4.56. The molecular formula is C15H17F3N2O2. The number of carbonyl (C=O) groups is 2. The van der Waals surface area contributed by atoms with Crippen LogP contribution < -0.4 is 11.1 Å². The first-order valence-electron chi connectivity index (χ1n) is 6.41. The molecule has 4 nitrogen and oxygen atoms in total. The van der Waals surface area contributed by atoms with Crippen LogP contribution in [0.15, 0.2) is 35.9 Å². The van der Waals surface area contributed by atoms with Crippen molar-refractivity contribution in [1.29, 1.82) is 0 Å². The van der Waals surface area contributed by atoms with Gasteiger partial charge in [-0.15, -0.1) is 0 Å². The number of alkyl halides is 3. The fourth-order valence-electron chi connectivity index (χ4n) is 1.83. The molecule has 0 aliphatic carbocycles. The summed E-state index contributed by atoms with van der Waals surface area (Å²) in [5.41, 5.74) is 3.26. The first-order valence-corrected chi connectivity index (χ1v) is 6.41. The average Bonchev–Trinajstić information content (AvgIpc) is 2.36. The van der Waals surface area contributed by atoms with Crippen molar-refractivity contribution >= 4 is 11.8 Å². The summed E-state index contributed by atoms with van der Waals surface area (Å²) in [7, 11) is 0. The zero-order valence-corrected chi connectivity index (χ0v) is 12.4. The van der Waals surface area contributed by atoms with E-state index in [-0.39, 0.29) is 5.56 Å². The molecule has 1 rings (SSSR count). The van der Waals surface area contributed by atoms with Gasteiger partial charge in [-0.2, -0.15) is 13.2 Å². The molecule has 1 aromatic carbocycles. The van der Waals surface area contributed by atoms with Gasteiger partial charge in [0, 0.05) is 6.08 Å². The number of rotatable bonds is 4. The van der Waals surface area contributed by atoms with Crippen molar-refractivity contribution in [1.82, 2.24) is 5.32 Å². The summed E-state index contributed by atoms with van der Waals surface area (Å²) in [6.07, 6.45) is -3.33. The molecule has 7 heteroatoms. The highest BCUT2D eigenvalue weighted by Crippen LogP contribution is 2.32. The lowest BCUT2D eigenvalue weighted by Crippen LogP contribution is -2.52. The van der Waals surface area contributed by atoms with Crippen LogP contribution in [-0.2, 0) is 21.3 Å². The number of nitrogens with one attached hydrogen (secondary N) is 1. The predicted octanol–water partition coefficient (Wildman–Crippen LogP) is 2.49. The summed E-state index contributed by atoms with van der Waals surface area (Å²) in [6.45, 7) is 4.61. The van der Waals surface area contributed by atoms with E-state index in [0.717, 1.165) is 18.2 Å².